The summed E-state index contributed by atoms with van der Waals surface area (Å²) in [6.45, 7) is 14.8. The molecule has 1 aliphatic rings. The molecule has 0 amide bonds. The average Bonchev–Trinajstić information content (AvgIpc) is 2.37. The van der Waals surface area contributed by atoms with Gasteiger partial charge in [0.1, 0.15) is 6.10 Å². The predicted molar refractivity (Wildman–Crippen MR) is 86.2 cm³/mol. The number of rotatable bonds is 5. The van der Waals surface area contributed by atoms with E-state index in [1.165, 1.54) is 0 Å². The smallest absolute Gasteiger partial charge is 0.335 e. The Balaban J connectivity index is 2.81. The van der Waals surface area contributed by atoms with Crippen molar-refractivity contribution in [2.75, 3.05) is 6.61 Å². The van der Waals surface area contributed by atoms with Gasteiger partial charge >= 0.3 is 5.97 Å². The summed E-state index contributed by atoms with van der Waals surface area (Å²) < 4.78 is 11.6. The first-order valence-electron chi connectivity index (χ1n) is 8.07. The molecular formula is C17H32O6. The fraction of sp³-hybridized carbons (Fsp3) is 0.941. The minimum atomic E-state index is -1.44. The number of hydrogen-bond donors (Lipinski definition) is 3. The van der Waals surface area contributed by atoms with Gasteiger partial charge in [-0.25, -0.2) is 4.79 Å². The van der Waals surface area contributed by atoms with E-state index in [4.69, 9.17) is 14.6 Å². The highest BCUT2D eigenvalue weighted by Gasteiger charge is 2.47. The van der Waals surface area contributed by atoms with Gasteiger partial charge in [0, 0.05) is 6.42 Å². The van der Waals surface area contributed by atoms with Crippen molar-refractivity contribution in [1.82, 2.24) is 0 Å². The van der Waals surface area contributed by atoms with Gasteiger partial charge in [-0.2, -0.15) is 0 Å². The van der Waals surface area contributed by atoms with E-state index in [1.807, 2.05) is 13.8 Å². The summed E-state index contributed by atoms with van der Waals surface area (Å²) in [4.78, 5) is 11.2. The van der Waals surface area contributed by atoms with Gasteiger partial charge in [0.25, 0.3) is 0 Å². The molecule has 0 saturated carbocycles. The number of aliphatic hydroxyl groups is 2. The van der Waals surface area contributed by atoms with Crippen LogP contribution in [0.4, 0.5) is 0 Å². The molecule has 1 rings (SSSR count). The standard InChI is InChI=1S/C17H32O6/c1-15(2,3)16(4,5)9-22-17(6,7)11-8-10(18)12(19)13(23-11)14(20)21/h10-13,18-19H,8-9H2,1-7H3,(H,20,21)/t10?,11?,12-,13?/m0/s1. The first kappa shape index (κ1) is 20.4. The molecule has 0 radical (unpaired) electrons. The fourth-order valence-corrected chi connectivity index (χ4v) is 2.20. The highest BCUT2D eigenvalue weighted by molar-refractivity contribution is 5.73. The number of hydrogen-bond acceptors (Lipinski definition) is 5. The Labute approximate surface area is 138 Å². The van der Waals surface area contributed by atoms with E-state index >= 15 is 0 Å². The summed E-state index contributed by atoms with van der Waals surface area (Å²) in [6.07, 6.45) is -4.49. The van der Waals surface area contributed by atoms with Crippen molar-refractivity contribution in [1.29, 1.82) is 0 Å². The SMILES string of the molecule is CC(C)(OCC(C)(C)C(C)(C)C)C1CC(O)[C@H](O)C(C(=O)O)O1. The summed E-state index contributed by atoms with van der Waals surface area (Å²) in [5, 5.41) is 28.8. The highest BCUT2D eigenvalue weighted by Crippen LogP contribution is 2.40. The molecular weight excluding hydrogens is 300 g/mol. The van der Waals surface area contributed by atoms with Crippen LogP contribution in [0.25, 0.3) is 0 Å². The summed E-state index contributed by atoms with van der Waals surface area (Å²) >= 11 is 0. The van der Waals surface area contributed by atoms with Crippen LogP contribution in [-0.4, -0.2) is 57.9 Å². The first-order chi connectivity index (χ1) is 10.2. The minimum Gasteiger partial charge on any atom is -0.479 e. The van der Waals surface area contributed by atoms with E-state index in [9.17, 15) is 15.0 Å². The second-order valence-corrected chi connectivity index (χ2v) is 8.70. The van der Waals surface area contributed by atoms with Crippen molar-refractivity contribution in [2.45, 2.75) is 84.9 Å². The maximum absolute atomic E-state index is 11.2. The zero-order valence-electron chi connectivity index (χ0n) is 15.3. The molecule has 0 aliphatic carbocycles. The van der Waals surface area contributed by atoms with Gasteiger partial charge in [-0.15, -0.1) is 0 Å². The summed E-state index contributed by atoms with van der Waals surface area (Å²) in [5.74, 6) is -1.29. The van der Waals surface area contributed by atoms with Crippen LogP contribution in [0.15, 0.2) is 0 Å². The first-order valence-corrected chi connectivity index (χ1v) is 8.07. The summed E-state index contributed by atoms with van der Waals surface area (Å²) in [7, 11) is 0. The molecule has 6 heteroatoms. The quantitative estimate of drug-likeness (QED) is 0.711. The van der Waals surface area contributed by atoms with Crippen LogP contribution in [0, 0.1) is 10.8 Å². The van der Waals surface area contributed by atoms with Crippen molar-refractivity contribution < 1.29 is 29.6 Å². The number of aliphatic carboxylic acids is 1. The molecule has 1 fully saturated rings. The van der Waals surface area contributed by atoms with Crippen molar-refractivity contribution in [3.05, 3.63) is 0 Å². The average molecular weight is 332 g/mol. The van der Waals surface area contributed by atoms with Crippen LogP contribution in [0.5, 0.6) is 0 Å². The lowest BCUT2D eigenvalue weighted by atomic mass is 9.70. The molecule has 1 heterocycles. The molecule has 4 atom stereocenters. The van der Waals surface area contributed by atoms with Gasteiger partial charge in [0.15, 0.2) is 6.10 Å². The zero-order chi connectivity index (χ0) is 18.2. The molecule has 0 aromatic heterocycles. The lowest BCUT2D eigenvalue weighted by Gasteiger charge is -2.45. The molecule has 0 bridgehead atoms. The number of ether oxygens (including phenoxy) is 2. The number of carbonyl (C=O) groups is 1. The van der Waals surface area contributed by atoms with E-state index in [2.05, 4.69) is 34.6 Å². The molecule has 3 N–H and O–H groups in total. The second kappa shape index (κ2) is 6.67. The number of carboxylic acids is 1. The third-order valence-electron chi connectivity index (χ3n) is 5.32. The monoisotopic (exact) mass is 332 g/mol. The van der Waals surface area contributed by atoms with Crippen molar-refractivity contribution in [3.8, 4) is 0 Å². The molecule has 23 heavy (non-hydrogen) atoms. The van der Waals surface area contributed by atoms with Gasteiger partial charge in [-0.1, -0.05) is 34.6 Å². The zero-order valence-corrected chi connectivity index (χ0v) is 15.3. The third kappa shape index (κ3) is 4.66. The topological polar surface area (TPSA) is 96.2 Å². The van der Waals surface area contributed by atoms with Crippen LogP contribution in [-0.2, 0) is 14.3 Å². The van der Waals surface area contributed by atoms with E-state index < -0.39 is 36.0 Å². The normalized spacial score (nSPS) is 30.3. The molecule has 6 nitrogen and oxygen atoms in total. The maximum atomic E-state index is 11.2. The van der Waals surface area contributed by atoms with E-state index in [-0.39, 0.29) is 17.3 Å². The molecule has 1 saturated heterocycles. The van der Waals surface area contributed by atoms with Crippen LogP contribution < -0.4 is 0 Å². The minimum absolute atomic E-state index is 0.0375. The van der Waals surface area contributed by atoms with E-state index in [1.54, 1.807) is 0 Å². The Kier molecular flexibility index (Phi) is 5.90. The van der Waals surface area contributed by atoms with Crippen molar-refractivity contribution in [2.24, 2.45) is 10.8 Å². The molecule has 3 unspecified atom stereocenters. The largest absolute Gasteiger partial charge is 0.479 e. The lowest BCUT2D eigenvalue weighted by Crippen LogP contribution is -2.58. The predicted octanol–water partition coefficient (Wildman–Crippen LogP) is 1.82. The Morgan fingerprint density at radius 1 is 1.13 bits per heavy atom. The molecule has 0 spiro atoms. The van der Waals surface area contributed by atoms with Gasteiger partial charge < -0.3 is 24.8 Å². The maximum Gasteiger partial charge on any atom is 0.335 e. The van der Waals surface area contributed by atoms with Crippen LogP contribution in [0.3, 0.4) is 0 Å². The second-order valence-electron chi connectivity index (χ2n) is 8.70. The fourth-order valence-electron chi connectivity index (χ4n) is 2.20. The Bertz CT molecular complexity index is 423. The van der Waals surface area contributed by atoms with Gasteiger partial charge in [0.05, 0.1) is 24.4 Å². The third-order valence-corrected chi connectivity index (χ3v) is 5.32. The number of aliphatic hydroxyl groups excluding tert-OH is 2. The molecule has 0 aromatic rings. The summed E-state index contributed by atoms with van der Waals surface area (Å²) in [6, 6.07) is 0. The van der Waals surface area contributed by atoms with Crippen LogP contribution >= 0.6 is 0 Å². The van der Waals surface area contributed by atoms with Crippen molar-refractivity contribution in [3.63, 3.8) is 0 Å². The van der Waals surface area contributed by atoms with Crippen LogP contribution in [0.1, 0.15) is 54.9 Å². The summed E-state index contributed by atoms with van der Waals surface area (Å²) in [5.41, 5.74) is -0.837. The van der Waals surface area contributed by atoms with E-state index in [0.717, 1.165) is 0 Å². The van der Waals surface area contributed by atoms with Crippen LogP contribution in [0.2, 0.25) is 0 Å². The molecule has 136 valence electrons. The highest BCUT2D eigenvalue weighted by atomic mass is 16.6. The van der Waals surface area contributed by atoms with Gasteiger partial charge in [-0.3, -0.25) is 0 Å². The van der Waals surface area contributed by atoms with Gasteiger partial charge in [0.2, 0.25) is 0 Å². The Morgan fingerprint density at radius 2 is 1.65 bits per heavy atom. The van der Waals surface area contributed by atoms with E-state index in [0.29, 0.717) is 6.61 Å². The Morgan fingerprint density at radius 3 is 2.09 bits per heavy atom. The Hall–Kier alpha value is -0.690. The number of carboxylic acid groups (broad SMARTS) is 1. The lowest BCUT2D eigenvalue weighted by molar-refractivity contribution is -0.233. The van der Waals surface area contributed by atoms with Crippen molar-refractivity contribution >= 4 is 5.97 Å². The molecule has 0 aromatic carbocycles. The van der Waals surface area contributed by atoms with Gasteiger partial charge in [-0.05, 0) is 24.7 Å². The molecule has 1 aliphatic heterocycles.